The van der Waals surface area contributed by atoms with Crippen molar-refractivity contribution >= 4 is 0 Å². The number of rotatable bonds is 0. The van der Waals surface area contributed by atoms with Crippen molar-refractivity contribution in [1.29, 1.82) is 0 Å². The predicted octanol–water partition coefficient (Wildman–Crippen LogP) is 2.75. The Balaban J connectivity index is 2.20. The van der Waals surface area contributed by atoms with Crippen molar-refractivity contribution in [3.8, 4) is 0 Å². The first kappa shape index (κ1) is 6.64. The molecule has 2 unspecified atom stereocenters. The number of hydrogen-bond donors (Lipinski definition) is 0. The fraction of sp³-hybridized carbons (Fsp3) is 0.545. The maximum absolute atomic E-state index is 4.37. The number of pyridine rings is 1. The van der Waals surface area contributed by atoms with Crippen LogP contribution in [0.2, 0.25) is 0 Å². The standard InChI is InChI=1S/C11H13N/c1-7-4-10-8-2-3-9(5-8)11(10)6-12-7/h4,6,8-9H,2-3,5H2,1H3. The first-order chi connectivity index (χ1) is 5.84. The molecular weight excluding hydrogens is 146 g/mol. The van der Waals surface area contributed by atoms with Crippen LogP contribution in [0.3, 0.4) is 0 Å². The highest BCUT2D eigenvalue weighted by Gasteiger charge is 2.36. The van der Waals surface area contributed by atoms with Crippen LogP contribution in [-0.4, -0.2) is 4.98 Å². The van der Waals surface area contributed by atoms with Gasteiger partial charge in [0.2, 0.25) is 0 Å². The molecule has 2 aliphatic carbocycles. The third kappa shape index (κ3) is 0.715. The maximum Gasteiger partial charge on any atom is 0.0375 e. The van der Waals surface area contributed by atoms with Gasteiger partial charge in [0.15, 0.2) is 0 Å². The molecule has 2 aliphatic rings. The Labute approximate surface area is 72.8 Å². The van der Waals surface area contributed by atoms with Crippen LogP contribution in [0.25, 0.3) is 0 Å². The van der Waals surface area contributed by atoms with Gasteiger partial charge in [0.1, 0.15) is 0 Å². The third-order valence-corrected chi connectivity index (χ3v) is 3.42. The predicted molar refractivity (Wildman–Crippen MR) is 48.3 cm³/mol. The van der Waals surface area contributed by atoms with Crippen molar-refractivity contribution in [3.63, 3.8) is 0 Å². The van der Waals surface area contributed by atoms with Gasteiger partial charge < -0.3 is 0 Å². The molecule has 0 saturated heterocycles. The average molecular weight is 159 g/mol. The molecule has 62 valence electrons. The molecule has 2 bridgehead atoms. The summed E-state index contributed by atoms with van der Waals surface area (Å²) in [5.74, 6) is 1.74. The first-order valence-corrected chi connectivity index (χ1v) is 4.81. The van der Waals surface area contributed by atoms with E-state index in [1.165, 1.54) is 25.0 Å². The van der Waals surface area contributed by atoms with E-state index in [4.69, 9.17) is 0 Å². The van der Waals surface area contributed by atoms with Crippen molar-refractivity contribution in [1.82, 2.24) is 4.98 Å². The Morgan fingerprint density at radius 1 is 1.25 bits per heavy atom. The molecule has 1 aromatic rings. The summed E-state index contributed by atoms with van der Waals surface area (Å²) >= 11 is 0. The van der Waals surface area contributed by atoms with Crippen molar-refractivity contribution in [3.05, 3.63) is 29.1 Å². The van der Waals surface area contributed by atoms with Crippen LogP contribution in [0.5, 0.6) is 0 Å². The molecule has 2 atom stereocenters. The maximum atomic E-state index is 4.37. The zero-order chi connectivity index (χ0) is 8.13. The fourth-order valence-electron chi connectivity index (χ4n) is 2.83. The van der Waals surface area contributed by atoms with Crippen LogP contribution >= 0.6 is 0 Å². The van der Waals surface area contributed by atoms with E-state index in [9.17, 15) is 0 Å². The summed E-state index contributed by atoms with van der Waals surface area (Å²) in [4.78, 5) is 4.37. The van der Waals surface area contributed by atoms with Crippen LogP contribution in [0.15, 0.2) is 12.3 Å². The second kappa shape index (κ2) is 2.09. The first-order valence-electron chi connectivity index (χ1n) is 4.81. The highest BCUT2D eigenvalue weighted by Crippen LogP contribution is 2.52. The van der Waals surface area contributed by atoms with Gasteiger partial charge in [0.25, 0.3) is 0 Å². The van der Waals surface area contributed by atoms with Crippen molar-refractivity contribution in [2.45, 2.75) is 38.0 Å². The fourth-order valence-corrected chi connectivity index (χ4v) is 2.83. The smallest absolute Gasteiger partial charge is 0.0375 e. The topological polar surface area (TPSA) is 12.9 Å². The lowest BCUT2D eigenvalue weighted by atomic mass is 9.93. The molecule has 12 heavy (non-hydrogen) atoms. The molecule has 1 nitrogen and oxygen atoms in total. The highest BCUT2D eigenvalue weighted by atomic mass is 14.7. The lowest BCUT2D eigenvalue weighted by Gasteiger charge is -2.14. The van der Waals surface area contributed by atoms with E-state index in [1.807, 2.05) is 0 Å². The number of aromatic nitrogens is 1. The Hall–Kier alpha value is -0.850. The lowest BCUT2D eigenvalue weighted by Crippen LogP contribution is -1.99. The van der Waals surface area contributed by atoms with Crippen LogP contribution < -0.4 is 0 Å². The van der Waals surface area contributed by atoms with E-state index in [-0.39, 0.29) is 0 Å². The zero-order valence-electron chi connectivity index (χ0n) is 7.38. The van der Waals surface area contributed by atoms with Gasteiger partial charge in [-0.1, -0.05) is 0 Å². The Kier molecular flexibility index (Phi) is 1.16. The molecule has 0 N–H and O–H groups in total. The van der Waals surface area contributed by atoms with E-state index >= 15 is 0 Å². The molecule has 1 fully saturated rings. The minimum absolute atomic E-state index is 0.859. The van der Waals surface area contributed by atoms with Crippen molar-refractivity contribution < 1.29 is 0 Å². The largest absolute Gasteiger partial charge is 0.261 e. The van der Waals surface area contributed by atoms with Crippen LogP contribution in [0, 0.1) is 6.92 Å². The normalized spacial score (nSPS) is 30.8. The molecule has 1 saturated carbocycles. The molecule has 1 heteroatoms. The van der Waals surface area contributed by atoms with E-state index in [0.717, 1.165) is 11.8 Å². The van der Waals surface area contributed by atoms with Gasteiger partial charge in [-0.2, -0.15) is 0 Å². The number of nitrogens with zero attached hydrogens (tertiary/aromatic N) is 1. The summed E-state index contributed by atoms with van der Waals surface area (Å²) in [6, 6.07) is 2.29. The molecule has 1 aromatic heterocycles. The van der Waals surface area contributed by atoms with Gasteiger partial charge in [-0.15, -0.1) is 0 Å². The monoisotopic (exact) mass is 159 g/mol. The summed E-state index contributed by atoms with van der Waals surface area (Å²) in [6.07, 6.45) is 6.33. The van der Waals surface area contributed by atoms with Crippen LogP contribution in [0.1, 0.15) is 47.9 Å². The average Bonchev–Trinajstić information content (AvgIpc) is 2.63. The summed E-state index contributed by atoms with van der Waals surface area (Å²) in [5, 5.41) is 0. The van der Waals surface area contributed by atoms with Gasteiger partial charge in [-0.05, 0) is 55.2 Å². The minimum atomic E-state index is 0.859. The van der Waals surface area contributed by atoms with Crippen molar-refractivity contribution in [2.24, 2.45) is 0 Å². The molecule has 0 amide bonds. The minimum Gasteiger partial charge on any atom is -0.261 e. The number of fused-ring (bicyclic) bond motifs is 5. The van der Waals surface area contributed by atoms with Gasteiger partial charge >= 0.3 is 0 Å². The van der Waals surface area contributed by atoms with Gasteiger partial charge in [-0.25, -0.2) is 0 Å². The quantitative estimate of drug-likeness (QED) is 0.567. The van der Waals surface area contributed by atoms with Gasteiger partial charge in [0, 0.05) is 11.9 Å². The van der Waals surface area contributed by atoms with Crippen molar-refractivity contribution in [2.75, 3.05) is 0 Å². The summed E-state index contributed by atoms with van der Waals surface area (Å²) in [7, 11) is 0. The molecule has 0 radical (unpaired) electrons. The molecule has 0 aromatic carbocycles. The van der Waals surface area contributed by atoms with E-state index < -0.39 is 0 Å². The van der Waals surface area contributed by atoms with Crippen LogP contribution in [0.4, 0.5) is 0 Å². The lowest BCUT2D eigenvalue weighted by molar-refractivity contribution is 0.712. The summed E-state index contributed by atoms with van der Waals surface area (Å²) in [5.41, 5.74) is 4.34. The highest BCUT2D eigenvalue weighted by molar-refractivity contribution is 5.40. The van der Waals surface area contributed by atoms with E-state index in [1.54, 1.807) is 11.1 Å². The molecule has 1 heterocycles. The molecule has 0 aliphatic heterocycles. The SMILES string of the molecule is Cc1cc2c(cn1)C1CCC2C1. The third-order valence-electron chi connectivity index (χ3n) is 3.42. The molecule has 3 rings (SSSR count). The Bertz CT molecular complexity index is 330. The molecule has 0 spiro atoms. The van der Waals surface area contributed by atoms with Crippen LogP contribution in [-0.2, 0) is 0 Å². The Morgan fingerprint density at radius 2 is 2.00 bits per heavy atom. The summed E-state index contributed by atoms with van der Waals surface area (Å²) < 4.78 is 0. The van der Waals surface area contributed by atoms with Gasteiger partial charge in [-0.3, -0.25) is 4.98 Å². The van der Waals surface area contributed by atoms with E-state index in [2.05, 4.69) is 24.2 Å². The van der Waals surface area contributed by atoms with E-state index in [0.29, 0.717) is 0 Å². The second-order valence-electron chi connectivity index (χ2n) is 4.16. The number of aryl methyl sites for hydroxylation is 1. The second-order valence-corrected chi connectivity index (χ2v) is 4.16. The molecular formula is C11H13N. The Morgan fingerprint density at radius 3 is 2.83 bits per heavy atom. The van der Waals surface area contributed by atoms with Gasteiger partial charge in [0.05, 0.1) is 0 Å². The zero-order valence-corrected chi connectivity index (χ0v) is 7.38. The summed E-state index contributed by atoms with van der Waals surface area (Å²) in [6.45, 7) is 2.09. The number of hydrogen-bond acceptors (Lipinski definition) is 1.